The SMILES string of the molecule is [2H]c1c([2H])c([2H])c(-c2cc(-n3c4ccccc4c4ccccc43)cc(-c3c([2H])c([2H])c([2H])c([2H])c3[2H])c2-n2[c](=[Pt])n(-c3cccc(Oc4ccc5c6ccccc6n(-c6cc(-c7c(-c8ccccc8)cccc7-c7ccccc7)ccn6)c5c4)c3)c3ccccc32)c([2H])c1[2H]. The van der Waals surface area contributed by atoms with E-state index in [9.17, 15) is 5.48 Å². The first-order valence-electron chi connectivity index (χ1n) is 32.8. The molecule has 16 aromatic rings. The Morgan fingerprint density at radius 3 is 1.41 bits per heavy atom. The quantitative estimate of drug-likeness (QED) is 0.130. The van der Waals surface area contributed by atoms with Gasteiger partial charge in [0.15, 0.2) is 0 Å². The number of hydrogen-bond acceptors (Lipinski definition) is 2. The van der Waals surface area contributed by atoms with E-state index < -0.39 is 60.4 Å². The number of aromatic nitrogens is 5. The second-order valence-electron chi connectivity index (χ2n) is 20.7. The first-order chi connectivity index (χ1) is 46.2. The zero-order valence-corrected chi connectivity index (χ0v) is 47.4. The Bertz CT molecular complexity index is 5680. The van der Waals surface area contributed by atoms with Crippen LogP contribution in [0.4, 0.5) is 0 Å². The molecule has 0 fully saturated rings. The van der Waals surface area contributed by atoms with Gasteiger partial charge in [-0.15, -0.1) is 0 Å². The molecule has 0 aliphatic heterocycles. The van der Waals surface area contributed by atoms with Crippen molar-refractivity contribution in [3.63, 3.8) is 0 Å². The van der Waals surface area contributed by atoms with Crippen molar-refractivity contribution in [1.29, 1.82) is 0 Å². The molecule has 7 heteroatoms. The molecular formula is C78H51N5OPt. The van der Waals surface area contributed by atoms with Crippen molar-refractivity contribution in [2.24, 2.45) is 0 Å². The van der Waals surface area contributed by atoms with Crippen molar-refractivity contribution in [1.82, 2.24) is 23.3 Å². The number of imidazole rings is 1. The number of para-hydroxylation sites is 5. The van der Waals surface area contributed by atoms with Gasteiger partial charge >= 0.3 is 382 Å². The van der Waals surface area contributed by atoms with Gasteiger partial charge in [-0.1, -0.05) is 91.0 Å². The molecule has 404 valence electrons. The Morgan fingerprint density at radius 2 is 0.824 bits per heavy atom. The Balaban J connectivity index is 0.882. The van der Waals surface area contributed by atoms with E-state index in [1.165, 1.54) is 0 Å². The van der Waals surface area contributed by atoms with Crippen LogP contribution in [-0.2, 0) is 19.4 Å². The van der Waals surface area contributed by atoms with E-state index in [1.54, 1.807) is 12.1 Å². The van der Waals surface area contributed by atoms with E-state index in [2.05, 4.69) is 121 Å². The minimum atomic E-state index is -0.584. The summed E-state index contributed by atoms with van der Waals surface area (Å²) < 4.78 is 108. The maximum atomic E-state index is 9.63. The number of nitrogens with zero attached hydrogens (tertiary/aromatic N) is 5. The summed E-state index contributed by atoms with van der Waals surface area (Å²) in [5, 5.41) is 3.89. The molecule has 85 heavy (non-hydrogen) atoms. The van der Waals surface area contributed by atoms with Gasteiger partial charge in [-0.05, 0) is 39.4 Å². The molecule has 4 heterocycles. The van der Waals surface area contributed by atoms with Crippen LogP contribution in [0.5, 0.6) is 11.5 Å². The van der Waals surface area contributed by atoms with Crippen LogP contribution in [0.25, 0.3) is 133 Å². The summed E-state index contributed by atoms with van der Waals surface area (Å²) in [5.41, 5.74) is 12.5. The standard InChI is InChI=1S/C78H51N5O.Pt/c1-5-23-53(24-6-1)62-36-22-37-63(54-25-7-2-8-26-54)77(62)57-45-46-79-76(47-57)83-72-40-18-15-35-66(72)67-44-43-61(51-75(67)83)84-60-32-21-31-58(48-60)80-52-81(74-42-20-19-41-73(74)80)78-68(55-27-9-3-10-28-55)49-59(50-69(78)56-29-11-4-12-30-56)82-70-38-16-13-33-64(70)65-34-14-17-39-71(65)82;/h1-51H;/i3D,4D,9D,10D,11D,12D,27D,28D,29D,30D;. The summed E-state index contributed by atoms with van der Waals surface area (Å²) in [4.78, 5) is 5.08. The van der Waals surface area contributed by atoms with Crippen LogP contribution in [0.1, 0.15) is 13.7 Å². The number of ether oxygens (including phenoxy) is 1. The fraction of sp³-hybridized carbons (Fsp3) is 0. The molecule has 0 N–H and O–H groups in total. The van der Waals surface area contributed by atoms with Crippen LogP contribution in [0.3, 0.4) is 0 Å². The molecule has 0 atom stereocenters. The number of pyridine rings is 1. The number of fused-ring (bicyclic) bond motifs is 7. The van der Waals surface area contributed by atoms with Crippen LogP contribution in [-0.4, -0.2) is 23.3 Å². The zero-order chi connectivity index (χ0) is 65.1. The van der Waals surface area contributed by atoms with Gasteiger partial charge in [0.05, 0.1) is 0 Å². The van der Waals surface area contributed by atoms with E-state index in [1.807, 2.05) is 153 Å². The fourth-order valence-corrected chi connectivity index (χ4v) is 13.4. The monoisotopic (exact) mass is 1280 g/mol. The van der Waals surface area contributed by atoms with Crippen molar-refractivity contribution in [2.75, 3.05) is 0 Å². The molecule has 6 nitrogen and oxygen atoms in total. The molecule has 0 aliphatic rings. The molecule has 4 aromatic heterocycles. The van der Waals surface area contributed by atoms with Gasteiger partial charge in [0.2, 0.25) is 0 Å². The summed E-state index contributed by atoms with van der Waals surface area (Å²) in [7, 11) is 0. The Hall–Kier alpha value is -10.7. The van der Waals surface area contributed by atoms with E-state index in [-0.39, 0.29) is 27.9 Å². The molecule has 0 amide bonds. The van der Waals surface area contributed by atoms with Gasteiger partial charge in [-0.3, -0.25) is 0 Å². The molecule has 16 rings (SSSR count). The van der Waals surface area contributed by atoms with E-state index in [0.29, 0.717) is 37.7 Å². The van der Waals surface area contributed by atoms with E-state index in [0.717, 1.165) is 82.8 Å². The van der Waals surface area contributed by atoms with Crippen LogP contribution < -0.4 is 4.74 Å². The Morgan fingerprint density at radius 1 is 0.329 bits per heavy atom. The molecule has 12 aromatic carbocycles. The Kier molecular flexibility index (Phi) is 9.99. The molecular weight excluding hydrogens is 1220 g/mol. The molecule has 0 radical (unpaired) electrons. The van der Waals surface area contributed by atoms with Crippen molar-refractivity contribution in [3.05, 3.63) is 313 Å². The molecule has 0 saturated carbocycles. The number of rotatable bonds is 11. The molecule has 0 bridgehead atoms. The molecule has 0 unspecified atom stereocenters. The first-order valence-corrected chi connectivity index (χ1v) is 28.9. The van der Waals surface area contributed by atoms with Gasteiger partial charge in [0.25, 0.3) is 0 Å². The average Bonchev–Trinajstić information content (AvgIpc) is 1.68. The summed E-state index contributed by atoms with van der Waals surface area (Å²) in [6, 6.07) is 75.1. The summed E-state index contributed by atoms with van der Waals surface area (Å²) >= 11 is 2.21. The minimum absolute atomic E-state index is 0.148. The van der Waals surface area contributed by atoms with Gasteiger partial charge in [-0.2, -0.15) is 0 Å². The second-order valence-corrected chi connectivity index (χ2v) is 21.7. The predicted molar refractivity (Wildman–Crippen MR) is 346 cm³/mol. The van der Waals surface area contributed by atoms with Gasteiger partial charge in [0.1, 0.15) is 0 Å². The van der Waals surface area contributed by atoms with Crippen LogP contribution in [0.2, 0.25) is 0 Å². The predicted octanol–water partition coefficient (Wildman–Crippen LogP) is 20.2. The maximum absolute atomic E-state index is 9.63. The van der Waals surface area contributed by atoms with Crippen LogP contribution >= 0.6 is 0 Å². The third kappa shape index (κ3) is 8.60. The van der Waals surface area contributed by atoms with Gasteiger partial charge < -0.3 is 0 Å². The van der Waals surface area contributed by atoms with Crippen molar-refractivity contribution in [2.45, 2.75) is 0 Å². The second kappa shape index (κ2) is 21.0. The van der Waals surface area contributed by atoms with Crippen LogP contribution in [0, 0.1) is 3.80 Å². The number of hydrogen-bond donors (Lipinski definition) is 0. The van der Waals surface area contributed by atoms with E-state index in [4.69, 9.17) is 17.9 Å². The molecule has 0 spiro atoms. The first kappa shape index (κ1) is 40.5. The Labute approximate surface area is 516 Å². The topological polar surface area (TPSA) is 41.8 Å². The fourth-order valence-electron chi connectivity index (χ4n) is 12.3. The van der Waals surface area contributed by atoms with Crippen LogP contribution in [0.15, 0.2) is 309 Å². The average molecular weight is 1280 g/mol. The van der Waals surface area contributed by atoms with Crippen molar-refractivity contribution in [3.8, 4) is 90.0 Å². The third-order valence-electron chi connectivity index (χ3n) is 15.9. The number of benzene rings is 12. The summed E-state index contributed by atoms with van der Waals surface area (Å²) in [5.74, 6) is 1.79. The van der Waals surface area contributed by atoms with Crippen molar-refractivity contribution < 1.29 is 37.8 Å². The normalized spacial score (nSPS) is 13.2. The van der Waals surface area contributed by atoms with Gasteiger partial charge in [-0.25, -0.2) is 0 Å². The van der Waals surface area contributed by atoms with Crippen molar-refractivity contribution >= 4 is 54.6 Å². The third-order valence-corrected chi connectivity index (χ3v) is 16.9. The zero-order valence-electron chi connectivity index (χ0n) is 55.1. The van der Waals surface area contributed by atoms with Gasteiger partial charge in [0, 0.05) is 6.20 Å². The summed E-state index contributed by atoms with van der Waals surface area (Å²) in [6.07, 6.45) is 1.87. The molecule has 0 saturated heterocycles. The molecule has 0 aliphatic carbocycles. The van der Waals surface area contributed by atoms with E-state index >= 15 is 0 Å². The summed E-state index contributed by atoms with van der Waals surface area (Å²) in [6.45, 7) is 0.